The number of hydrogen-bond acceptors (Lipinski definition) is 2. The van der Waals surface area contributed by atoms with Gasteiger partial charge in [-0.1, -0.05) is 13.3 Å². The van der Waals surface area contributed by atoms with E-state index in [9.17, 15) is 0 Å². The van der Waals surface area contributed by atoms with Gasteiger partial charge in [0.15, 0.2) is 0 Å². The van der Waals surface area contributed by atoms with Gasteiger partial charge in [0.2, 0.25) is 0 Å². The molecule has 0 amide bonds. The van der Waals surface area contributed by atoms with E-state index in [0.29, 0.717) is 5.92 Å². The Hall–Kier alpha value is -0.350. The van der Waals surface area contributed by atoms with E-state index in [0.717, 1.165) is 18.7 Å². The highest BCUT2D eigenvalue weighted by atomic mass is 79.9. The van der Waals surface area contributed by atoms with E-state index in [-0.39, 0.29) is 0 Å². The van der Waals surface area contributed by atoms with Crippen LogP contribution in [-0.4, -0.2) is 23.4 Å². The van der Waals surface area contributed by atoms with Crippen LogP contribution in [0.15, 0.2) is 4.47 Å². The van der Waals surface area contributed by atoms with Crippen molar-refractivity contribution < 1.29 is 0 Å². The van der Waals surface area contributed by atoms with Gasteiger partial charge in [-0.15, -0.1) is 0 Å². The Morgan fingerprint density at radius 2 is 2.20 bits per heavy atom. The minimum Gasteiger partial charge on any atom is -0.319 e. The molecule has 1 heterocycles. The summed E-state index contributed by atoms with van der Waals surface area (Å²) in [7, 11) is 4.02. The standard InChI is InChI=1S/C11H20BrN3/c1-5-9(7-13-3)6-10-11(12)8(2)14-15(10)4/h9,13H,5-7H2,1-4H3. The molecule has 0 fully saturated rings. The molecule has 0 radical (unpaired) electrons. The first-order chi connectivity index (χ1) is 7.10. The van der Waals surface area contributed by atoms with Gasteiger partial charge >= 0.3 is 0 Å². The zero-order valence-electron chi connectivity index (χ0n) is 9.97. The molecule has 1 aromatic rings. The van der Waals surface area contributed by atoms with E-state index in [4.69, 9.17) is 0 Å². The highest BCUT2D eigenvalue weighted by Gasteiger charge is 2.14. The van der Waals surface area contributed by atoms with Crippen LogP contribution in [0.2, 0.25) is 0 Å². The Balaban J connectivity index is 2.78. The second-order valence-corrected chi connectivity index (χ2v) is 4.80. The highest BCUT2D eigenvalue weighted by molar-refractivity contribution is 9.10. The molecule has 86 valence electrons. The summed E-state index contributed by atoms with van der Waals surface area (Å²) in [6, 6.07) is 0. The lowest BCUT2D eigenvalue weighted by Gasteiger charge is -2.14. The van der Waals surface area contributed by atoms with Crippen LogP contribution in [0.25, 0.3) is 0 Å². The number of nitrogens with zero attached hydrogens (tertiary/aromatic N) is 2. The van der Waals surface area contributed by atoms with Gasteiger partial charge in [-0.3, -0.25) is 4.68 Å². The molecule has 15 heavy (non-hydrogen) atoms. The molecule has 0 saturated carbocycles. The van der Waals surface area contributed by atoms with Crippen LogP contribution in [-0.2, 0) is 13.5 Å². The Labute approximate surface area is 100 Å². The Kier molecular flexibility index (Phi) is 4.80. The van der Waals surface area contributed by atoms with Gasteiger partial charge in [-0.05, 0) is 48.8 Å². The molecule has 3 nitrogen and oxygen atoms in total. The van der Waals surface area contributed by atoms with E-state index >= 15 is 0 Å². The third kappa shape index (κ3) is 3.05. The van der Waals surface area contributed by atoms with Gasteiger partial charge < -0.3 is 5.32 Å². The summed E-state index contributed by atoms with van der Waals surface area (Å²) in [6.45, 7) is 5.33. The lowest BCUT2D eigenvalue weighted by molar-refractivity contribution is 0.465. The number of aromatic nitrogens is 2. The van der Waals surface area contributed by atoms with E-state index in [1.807, 2.05) is 25.7 Å². The average molecular weight is 274 g/mol. The molecule has 1 unspecified atom stereocenters. The number of rotatable bonds is 5. The maximum absolute atomic E-state index is 4.41. The summed E-state index contributed by atoms with van der Waals surface area (Å²) in [6.07, 6.45) is 2.27. The SMILES string of the molecule is CCC(CNC)Cc1c(Br)c(C)nn1C. The predicted octanol–water partition coefficient (Wildman–Crippen LogP) is 2.28. The summed E-state index contributed by atoms with van der Waals surface area (Å²) >= 11 is 3.61. The Morgan fingerprint density at radius 3 is 2.60 bits per heavy atom. The molecule has 0 aromatic carbocycles. The maximum Gasteiger partial charge on any atom is 0.0738 e. The zero-order valence-corrected chi connectivity index (χ0v) is 11.6. The largest absolute Gasteiger partial charge is 0.319 e. The number of halogens is 1. The molecule has 4 heteroatoms. The van der Waals surface area contributed by atoms with Crippen molar-refractivity contribution in [2.75, 3.05) is 13.6 Å². The fourth-order valence-electron chi connectivity index (χ4n) is 1.82. The minimum absolute atomic E-state index is 0.682. The van der Waals surface area contributed by atoms with E-state index in [1.165, 1.54) is 16.6 Å². The van der Waals surface area contributed by atoms with Crippen molar-refractivity contribution in [3.63, 3.8) is 0 Å². The maximum atomic E-state index is 4.41. The lowest BCUT2D eigenvalue weighted by atomic mass is 10.0. The minimum atomic E-state index is 0.682. The highest BCUT2D eigenvalue weighted by Crippen LogP contribution is 2.23. The topological polar surface area (TPSA) is 29.9 Å². The van der Waals surface area contributed by atoms with Gasteiger partial charge in [0.25, 0.3) is 0 Å². The molecule has 0 spiro atoms. The van der Waals surface area contributed by atoms with Crippen molar-refractivity contribution in [2.45, 2.75) is 26.7 Å². The molecule has 0 bridgehead atoms. The Bertz CT molecular complexity index is 320. The van der Waals surface area contributed by atoms with Gasteiger partial charge in [-0.2, -0.15) is 5.10 Å². The van der Waals surface area contributed by atoms with Crippen LogP contribution in [0.4, 0.5) is 0 Å². The summed E-state index contributed by atoms with van der Waals surface area (Å²) < 4.78 is 3.15. The molecule has 1 N–H and O–H groups in total. The molecule has 0 aliphatic heterocycles. The lowest BCUT2D eigenvalue weighted by Crippen LogP contribution is -2.21. The predicted molar refractivity (Wildman–Crippen MR) is 67.1 cm³/mol. The second kappa shape index (κ2) is 5.66. The summed E-state index contributed by atoms with van der Waals surface area (Å²) in [5, 5.41) is 7.65. The summed E-state index contributed by atoms with van der Waals surface area (Å²) in [5.74, 6) is 0.682. The molecular formula is C11H20BrN3. The van der Waals surface area contributed by atoms with Gasteiger partial charge in [0.05, 0.1) is 15.9 Å². The molecule has 1 rings (SSSR count). The van der Waals surface area contributed by atoms with E-state index < -0.39 is 0 Å². The van der Waals surface area contributed by atoms with Crippen LogP contribution in [0.3, 0.4) is 0 Å². The van der Waals surface area contributed by atoms with Crippen LogP contribution >= 0.6 is 15.9 Å². The van der Waals surface area contributed by atoms with Crippen molar-refractivity contribution in [2.24, 2.45) is 13.0 Å². The first-order valence-corrected chi connectivity index (χ1v) is 6.22. The Morgan fingerprint density at radius 1 is 1.53 bits per heavy atom. The van der Waals surface area contributed by atoms with Crippen LogP contribution in [0.1, 0.15) is 24.7 Å². The third-order valence-electron chi connectivity index (χ3n) is 2.81. The molecule has 0 saturated heterocycles. The average Bonchev–Trinajstić information content (AvgIpc) is 2.44. The molecule has 1 aromatic heterocycles. The normalized spacial score (nSPS) is 13.1. The number of hydrogen-bond donors (Lipinski definition) is 1. The first kappa shape index (κ1) is 12.7. The van der Waals surface area contributed by atoms with E-state index in [1.54, 1.807) is 0 Å². The van der Waals surface area contributed by atoms with Crippen molar-refractivity contribution in [3.8, 4) is 0 Å². The fourth-order valence-corrected chi connectivity index (χ4v) is 2.32. The zero-order chi connectivity index (χ0) is 11.4. The molecular weight excluding hydrogens is 254 g/mol. The van der Waals surface area contributed by atoms with Gasteiger partial charge in [0.1, 0.15) is 0 Å². The van der Waals surface area contributed by atoms with Gasteiger partial charge in [-0.25, -0.2) is 0 Å². The number of nitrogens with one attached hydrogen (secondary N) is 1. The smallest absolute Gasteiger partial charge is 0.0738 e. The summed E-state index contributed by atoms with van der Waals surface area (Å²) in [5.41, 5.74) is 2.38. The summed E-state index contributed by atoms with van der Waals surface area (Å²) in [4.78, 5) is 0. The van der Waals surface area contributed by atoms with E-state index in [2.05, 4.69) is 33.3 Å². The van der Waals surface area contributed by atoms with Crippen molar-refractivity contribution in [3.05, 3.63) is 15.9 Å². The quantitative estimate of drug-likeness (QED) is 0.892. The molecule has 0 aliphatic carbocycles. The third-order valence-corrected chi connectivity index (χ3v) is 3.85. The first-order valence-electron chi connectivity index (χ1n) is 5.42. The van der Waals surface area contributed by atoms with Gasteiger partial charge in [0, 0.05) is 7.05 Å². The van der Waals surface area contributed by atoms with Crippen molar-refractivity contribution >= 4 is 15.9 Å². The fraction of sp³-hybridized carbons (Fsp3) is 0.727. The molecule has 1 atom stereocenters. The van der Waals surface area contributed by atoms with Crippen molar-refractivity contribution in [1.82, 2.24) is 15.1 Å². The second-order valence-electron chi connectivity index (χ2n) is 4.01. The number of aryl methyl sites for hydroxylation is 2. The van der Waals surface area contributed by atoms with Crippen LogP contribution in [0, 0.1) is 12.8 Å². The van der Waals surface area contributed by atoms with Crippen LogP contribution in [0.5, 0.6) is 0 Å². The molecule has 0 aliphatic rings. The monoisotopic (exact) mass is 273 g/mol. The van der Waals surface area contributed by atoms with Crippen LogP contribution < -0.4 is 5.32 Å². The van der Waals surface area contributed by atoms with Crippen molar-refractivity contribution in [1.29, 1.82) is 0 Å².